The summed E-state index contributed by atoms with van der Waals surface area (Å²) in [7, 11) is 1.53. The Hall–Kier alpha value is -3.11. The van der Waals surface area contributed by atoms with Crippen LogP contribution in [0.4, 0.5) is 23.7 Å². The molecule has 8 heteroatoms. The minimum absolute atomic E-state index is 0.0467. The van der Waals surface area contributed by atoms with Crippen LogP contribution in [0, 0.1) is 17.8 Å². The predicted octanol–water partition coefficient (Wildman–Crippen LogP) is 5.89. The molecule has 166 valence electrons. The van der Waals surface area contributed by atoms with Crippen LogP contribution in [0.25, 0.3) is 6.08 Å². The second kappa shape index (κ2) is 8.10. The van der Waals surface area contributed by atoms with Gasteiger partial charge in [-0.25, -0.2) is 4.79 Å². The number of methoxy groups -OCH3 is 1. The van der Waals surface area contributed by atoms with E-state index >= 15 is 0 Å². The van der Waals surface area contributed by atoms with Crippen LogP contribution in [-0.4, -0.2) is 19.3 Å². The number of alkyl halides is 3. The van der Waals surface area contributed by atoms with Crippen molar-refractivity contribution in [3.8, 4) is 17.6 Å². The van der Waals surface area contributed by atoms with E-state index in [9.17, 15) is 18.0 Å². The molecule has 0 bridgehead atoms. The van der Waals surface area contributed by atoms with E-state index in [1.165, 1.54) is 30.2 Å². The molecule has 2 aliphatic rings. The smallest absolute Gasteiger partial charge is 0.427 e. The first-order chi connectivity index (χ1) is 15.2. The van der Waals surface area contributed by atoms with Gasteiger partial charge in [-0.1, -0.05) is 48.2 Å². The summed E-state index contributed by atoms with van der Waals surface area (Å²) < 4.78 is 48.5. The first-order valence-electron chi connectivity index (χ1n) is 9.97. The van der Waals surface area contributed by atoms with E-state index in [4.69, 9.17) is 16.3 Å². The second-order valence-corrected chi connectivity index (χ2v) is 8.16. The fourth-order valence-electron chi connectivity index (χ4n) is 3.56. The molecule has 1 aliphatic heterocycles. The Morgan fingerprint density at radius 2 is 2.00 bits per heavy atom. The number of hydrogen-bond donors (Lipinski definition) is 1. The van der Waals surface area contributed by atoms with Crippen molar-refractivity contribution in [1.82, 2.24) is 5.32 Å². The molecule has 1 unspecified atom stereocenters. The third-order valence-corrected chi connectivity index (χ3v) is 5.86. The van der Waals surface area contributed by atoms with Crippen LogP contribution >= 0.6 is 11.6 Å². The number of nitrogens with one attached hydrogen (secondary N) is 1. The van der Waals surface area contributed by atoms with Gasteiger partial charge < -0.3 is 10.1 Å². The number of amides is 2. The Labute approximate surface area is 189 Å². The lowest BCUT2D eigenvalue weighted by atomic mass is 9.85. The number of carbonyl (C=O) groups is 1. The number of nitrogens with zero attached hydrogens (tertiary/aromatic N) is 1. The van der Waals surface area contributed by atoms with Gasteiger partial charge in [-0.15, -0.1) is 0 Å². The van der Waals surface area contributed by atoms with Crippen LogP contribution in [0.5, 0.6) is 5.75 Å². The second-order valence-electron chi connectivity index (χ2n) is 7.75. The van der Waals surface area contributed by atoms with Crippen molar-refractivity contribution in [3.63, 3.8) is 0 Å². The molecule has 0 spiro atoms. The zero-order chi connectivity index (χ0) is 23.1. The number of anilines is 1. The van der Waals surface area contributed by atoms with Gasteiger partial charge in [-0.3, -0.25) is 4.90 Å². The van der Waals surface area contributed by atoms with Crippen molar-refractivity contribution < 1.29 is 22.7 Å². The van der Waals surface area contributed by atoms with Gasteiger partial charge >= 0.3 is 12.2 Å². The first-order valence-corrected chi connectivity index (χ1v) is 10.3. The van der Waals surface area contributed by atoms with E-state index in [1.807, 2.05) is 0 Å². The van der Waals surface area contributed by atoms with Gasteiger partial charge in [0.05, 0.1) is 19.3 Å². The Morgan fingerprint density at radius 3 is 2.56 bits per heavy atom. The molecule has 1 heterocycles. The fourth-order valence-corrected chi connectivity index (χ4v) is 3.81. The maximum atomic E-state index is 14.5. The van der Waals surface area contributed by atoms with Gasteiger partial charge in [0, 0.05) is 16.5 Å². The minimum atomic E-state index is -4.86. The highest BCUT2D eigenvalue weighted by molar-refractivity contribution is 6.32. The molecule has 1 fully saturated rings. The monoisotopic (exact) mass is 460 g/mol. The topological polar surface area (TPSA) is 41.6 Å². The summed E-state index contributed by atoms with van der Waals surface area (Å²) in [4.78, 5) is 14.3. The molecular formula is C24H20ClF3N2O2. The van der Waals surface area contributed by atoms with Gasteiger partial charge in [0.2, 0.25) is 5.54 Å². The molecule has 0 aromatic heterocycles. The lowest BCUT2D eigenvalue weighted by molar-refractivity contribution is -0.179. The Bertz CT molecular complexity index is 1130. The standard InChI is InChI=1S/C24H20ClF3N2O2/c1-3-17-12-21-19(13-20(17)25)23(24(26,27)28,11-10-15-4-5-15)29-22(31)30(21)14-16-6-8-18(32-2)9-7-16/h3,6-9,12-13,15H,1,4-5,14H2,2H3,(H,29,31). The van der Waals surface area contributed by atoms with Crippen molar-refractivity contribution >= 4 is 29.4 Å². The number of urea groups is 1. The molecule has 1 saturated carbocycles. The summed E-state index contributed by atoms with van der Waals surface area (Å²) in [6.45, 7) is 3.72. The number of ether oxygens (including phenoxy) is 1. The van der Waals surface area contributed by atoms with Gasteiger partial charge in [0.25, 0.3) is 0 Å². The quantitative estimate of drug-likeness (QED) is 0.578. The van der Waals surface area contributed by atoms with Crippen LogP contribution < -0.4 is 15.0 Å². The predicted molar refractivity (Wildman–Crippen MR) is 117 cm³/mol. The zero-order valence-electron chi connectivity index (χ0n) is 17.2. The number of rotatable bonds is 4. The highest BCUT2D eigenvalue weighted by Gasteiger charge is 2.60. The number of fused-ring (bicyclic) bond motifs is 1. The number of halogens is 4. The number of benzene rings is 2. The summed E-state index contributed by atoms with van der Waals surface area (Å²) in [6, 6.07) is 8.71. The number of hydrogen-bond acceptors (Lipinski definition) is 2. The third-order valence-electron chi connectivity index (χ3n) is 5.54. The van der Waals surface area contributed by atoms with E-state index < -0.39 is 17.7 Å². The van der Waals surface area contributed by atoms with Crippen molar-refractivity contribution in [2.24, 2.45) is 5.92 Å². The average Bonchev–Trinajstić information content (AvgIpc) is 3.58. The lowest BCUT2D eigenvalue weighted by Gasteiger charge is -2.42. The molecular weight excluding hydrogens is 441 g/mol. The molecule has 1 aliphatic carbocycles. The molecule has 1 atom stereocenters. The first kappa shape index (κ1) is 22.1. The van der Waals surface area contributed by atoms with E-state index in [0.717, 1.165) is 12.8 Å². The zero-order valence-corrected chi connectivity index (χ0v) is 18.0. The molecule has 0 radical (unpaired) electrons. The molecule has 2 aromatic carbocycles. The maximum absolute atomic E-state index is 14.5. The SMILES string of the molecule is C=Cc1cc2c(cc1Cl)C(C#CC1CC1)(C(F)(F)F)NC(=O)N2Cc1ccc(OC)cc1. The highest BCUT2D eigenvalue weighted by atomic mass is 35.5. The Kier molecular flexibility index (Phi) is 5.59. The fraction of sp³-hybridized carbons (Fsp3) is 0.292. The average molecular weight is 461 g/mol. The molecule has 4 nitrogen and oxygen atoms in total. The van der Waals surface area contributed by atoms with Gasteiger partial charge in [-0.2, -0.15) is 13.2 Å². The van der Waals surface area contributed by atoms with E-state index in [2.05, 4.69) is 23.7 Å². The van der Waals surface area contributed by atoms with Gasteiger partial charge in [-0.05, 0) is 48.2 Å². The van der Waals surface area contributed by atoms with E-state index in [0.29, 0.717) is 16.9 Å². The van der Waals surface area contributed by atoms with Crippen LogP contribution in [0.1, 0.15) is 29.5 Å². The van der Waals surface area contributed by atoms with Crippen molar-refractivity contribution in [1.29, 1.82) is 0 Å². The summed E-state index contributed by atoms with van der Waals surface area (Å²) in [6.07, 6.45) is -1.92. The van der Waals surface area contributed by atoms with Crippen LogP contribution in [0.2, 0.25) is 5.02 Å². The van der Waals surface area contributed by atoms with Crippen LogP contribution in [-0.2, 0) is 12.1 Å². The number of carbonyl (C=O) groups excluding carboxylic acids is 1. The normalized spacial score (nSPS) is 20.0. The van der Waals surface area contributed by atoms with Crippen molar-refractivity contribution in [3.05, 3.63) is 64.7 Å². The van der Waals surface area contributed by atoms with Gasteiger partial charge in [0.1, 0.15) is 5.75 Å². The summed E-state index contributed by atoms with van der Waals surface area (Å²) in [5.74, 6) is 5.57. The largest absolute Gasteiger partial charge is 0.497 e. The molecule has 4 rings (SSSR count). The third kappa shape index (κ3) is 3.91. The minimum Gasteiger partial charge on any atom is -0.497 e. The summed E-state index contributed by atoms with van der Waals surface area (Å²) >= 11 is 6.26. The van der Waals surface area contributed by atoms with Gasteiger partial charge in [0.15, 0.2) is 0 Å². The molecule has 2 amide bonds. The van der Waals surface area contributed by atoms with E-state index in [1.54, 1.807) is 24.3 Å². The van der Waals surface area contributed by atoms with Crippen LogP contribution in [0.3, 0.4) is 0 Å². The van der Waals surface area contributed by atoms with Crippen LogP contribution in [0.15, 0.2) is 43.0 Å². The van der Waals surface area contributed by atoms with Crippen molar-refractivity contribution in [2.75, 3.05) is 12.0 Å². The lowest BCUT2D eigenvalue weighted by Crippen LogP contribution is -2.62. The molecule has 2 aromatic rings. The summed E-state index contributed by atoms with van der Waals surface area (Å²) in [5.41, 5.74) is -1.83. The molecule has 0 saturated heterocycles. The Balaban J connectivity index is 1.87. The Morgan fingerprint density at radius 1 is 1.31 bits per heavy atom. The van der Waals surface area contributed by atoms with E-state index in [-0.39, 0.29) is 28.7 Å². The summed E-state index contributed by atoms with van der Waals surface area (Å²) in [5, 5.41) is 2.24. The molecule has 1 N–H and O–H groups in total. The molecule has 32 heavy (non-hydrogen) atoms. The van der Waals surface area contributed by atoms with Crippen molar-refractivity contribution in [2.45, 2.75) is 31.1 Å². The maximum Gasteiger partial charge on any atom is 0.427 e. The highest BCUT2D eigenvalue weighted by Crippen LogP contribution is 2.47.